The van der Waals surface area contributed by atoms with E-state index in [-0.39, 0.29) is 11.9 Å². The standard InChI is InChI=1S/C19H22N2O/c1-15(16-8-3-2-4-9-16)20-19(22)14-21-13-7-11-17-10-5-6-12-18(17)21/h2-6,8-10,12,15H,7,11,13-14H2,1H3,(H,20,22). The molecule has 0 saturated carbocycles. The maximum absolute atomic E-state index is 12.4. The minimum absolute atomic E-state index is 0.0359. The molecule has 114 valence electrons. The molecule has 0 saturated heterocycles. The van der Waals surface area contributed by atoms with Gasteiger partial charge in [0.1, 0.15) is 0 Å². The van der Waals surface area contributed by atoms with E-state index in [1.165, 1.54) is 11.3 Å². The molecule has 3 heteroatoms. The van der Waals surface area contributed by atoms with Crippen molar-refractivity contribution in [2.75, 3.05) is 18.0 Å². The van der Waals surface area contributed by atoms with Crippen molar-refractivity contribution in [2.24, 2.45) is 0 Å². The number of carbonyl (C=O) groups excluding carboxylic acids is 1. The van der Waals surface area contributed by atoms with Gasteiger partial charge in [-0.2, -0.15) is 0 Å². The number of hydrogen-bond acceptors (Lipinski definition) is 2. The Morgan fingerprint density at radius 3 is 2.68 bits per heavy atom. The van der Waals surface area contributed by atoms with Crippen LogP contribution in [0.4, 0.5) is 5.69 Å². The third kappa shape index (κ3) is 3.30. The van der Waals surface area contributed by atoms with Crippen LogP contribution in [0, 0.1) is 0 Å². The second-order valence-electron chi connectivity index (χ2n) is 5.85. The third-order valence-electron chi connectivity index (χ3n) is 4.22. The Labute approximate surface area is 132 Å². The van der Waals surface area contributed by atoms with Crippen LogP contribution < -0.4 is 10.2 Å². The van der Waals surface area contributed by atoms with E-state index in [0.717, 1.165) is 24.9 Å². The van der Waals surface area contributed by atoms with Crippen molar-refractivity contribution in [2.45, 2.75) is 25.8 Å². The van der Waals surface area contributed by atoms with E-state index < -0.39 is 0 Å². The Balaban J connectivity index is 1.63. The quantitative estimate of drug-likeness (QED) is 0.938. The molecular formula is C19H22N2O. The van der Waals surface area contributed by atoms with Crippen molar-refractivity contribution in [3.8, 4) is 0 Å². The maximum Gasteiger partial charge on any atom is 0.239 e. The molecule has 1 amide bonds. The second-order valence-corrected chi connectivity index (χ2v) is 5.85. The number of nitrogens with one attached hydrogen (secondary N) is 1. The highest BCUT2D eigenvalue weighted by molar-refractivity contribution is 5.82. The molecule has 2 aromatic carbocycles. The van der Waals surface area contributed by atoms with Crippen LogP contribution in [-0.4, -0.2) is 19.0 Å². The van der Waals surface area contributed by atoms with Crippen LogP contribution in [0.3, 0.4) is 0 Å². The van der Waals surface area contributed by atoms with E-state index in [1.54, 1.807) is 0 Å². The molecule has 22 heavy (non-hydrogen) atoms. The van der Waals surface area contributed by atoms with Crippen molar-refractivity contribution in [1.82, 2.24) is 5.32 Å². The number of aryl methyl sites for hydroxylation is 1. The first kappa shape index (κ1) is 14.6. The first-order valence-electron chi connectivity index (χ1n) is 7.91. The fraction of sp³-hybridized carbons (Fsp3) is 0.316. The minimum Gasteiger partial charge on any atom is -0.362 e. The predicted molar refractivity (Wildman–Crippen MR) is 90.0 cm³/mol. The third-order valence-corrected chi connectivity index (χ3v) is 4.22. The van der Waals surface area contributed by atoms with Crippen LogP contribution in [0.1, 0.15) is 30.5 Å². The summed E-state index contributed by atoms with van der Waals surface area (Å²) in [4.78, 5) is 14.5. The number of fused-ring (bicyclic) bond motifs is 1. The van der Waals surface area contributed by atoms with Gasteiger partial charge in [-0.3, -0.25) is 4.79 Å². The van der Waals surface area contributed by atoms with Crippen LogP contribution in [0.25, 0.3) is 0 Å². The molecule has 0 aliphatic carbocycles. The zero-order valence-electron chi connectivity index (χ0n) is 13.0. The molecule has 2 aromatic rings. The smallest absolute Gasteiger partial charge is 0.239 e. The fourth-order valence-electron chi connectivity index (χ4n) is 3.06. The molecule has 0 radical (unpaired) electrons. The van der Waals surface area contributed by atoms with E-state index in [0.29, 0.717) is 6.54 Å². The first-order chi connectivity index (χ1) is 10.7. The normalized spacial score (nSPS) is 15.0. The average molecular weight is 294 g/mol. The number of hydrogen-bond donors (Lipinski definition) is 1. The molecule has 3 rings (SSSR count). The molecule has 0 fully saturated rings. The number of nitrogens with zero attached hydrogens (tertiary/aromatic N) is 1. The minimum atomic E-state index is 0.0359. The molecule has 1 atom stereocenters. The molecule has 1 N–H and O–H groups in total. The summed E-state index contributed by atoms with van der Waals surface area (Å²) in [5.74, 6) is 0.0769. The van der Waals surface area contributed by atoms with Gasteiger partial charge < -0.3 is 10.2 Å². The molecule has 0 spiro atoms. The van der Waals surface area contributed by atoms with Gasteiger partial charge >= 0.3 is 0 Å². The highest BCUT2D eigenvalue weighted by Crippen LogP contribution is 2.26. The highest BCUT2D eigenvalue weighted by Gasteiger charge is 2.19. The van der Waals surface area contributed by atoms with E-state index >= 15 is 0 Å². The summed E-state index contributed by atoms with van der Waals surface area (Å²) in [6, 6.07) is 18.5. The number of para-hydroxylation sites is 1. The van der Waals surface area contributed by atoms with Crippen molar-refractivity contribution in [3.05, 3.63) is 65.7 Å². The summed E-state index contributed by atoms with van der Waals surface area (Å²) in [5, 5.41) is 3.09. The Kier molecular flexibility index (Phi) is 4.42. The SMILES string of the molecule is CC(NC(=O)CN1CCCc2ccccc21)c1ccccc1. The van der Waals surface area contributed by atoms with Crippen LogP contribution in [0.2, 0.25) is 0 Å². The van der Waals surface area contributed by atoms with E-state index in [1.807, 2.05) is 43.3 Å². The predicted octanol–water partition coefficient (Wildman–Crippen LogP) is 3.32. The van der Waals surface area contributed by atoms with Crippen LogP contribution >= 0.6 is 0 Å². The topological polar surface area (TPSA) is 32.3 Å². The summed E-state index contributed by atoms with van der Waals surface area (Å²) in [5.41, 5.74) is 3.68. The van der Waals surface area contributed by atoms with Gasteiger partial charge in [0.05, 0.1) is 12.6 Å². The first-order valence-corrected chi connectivity index (χ1v) is 7.91. The molecule has 0 aromatic heterocycles. The number of amides is 1. The highest BCUT2D eigenvalue weighted by atomic mass is 16.2. The van der Waals surface area contributed by atoms with Gasteiger partial charge in [0.2, 0.25) is 5.91 Å². The summed E-state index contributed by atoms with van der Waals surface area (Å²) in [7, 11) is 0. The molecule has 1 aliphatic heterocycles. The maximum atomic E-state index is 12.4. The van der Waals surface area contributed by atoms with Gasteiger partial charge in [0, 0.05) is 12.2 Å². The van der Waals surface area contributed by atoms with Gasteiger partial charge in [-0.1, -0.05) is 48.5 Å². The molecule has 1 heterocycles. The van der Waals surface area contributed by atoms with Gasteiger partial charge in [-0.05, 0) is 37.0 Å². The van der Waals surface area contributed by atoms with Crippen molar-refractivity contribution < 1.29 is 4.79 Å². The molecule has 1 unspecified atom stereocenters. The fourth-order valence-corrected chi connectivity index (χ4v) is 3.06. The van der Waals surface area contributed by atoms with Gasteiger partial charge in [-0.15, -0.1) is 0 Å². The molecular weight excluding hydrogens is 272 g/mol. The van der Waals surface area contributed by atoms with Crippen LogP contribution in [0.5, 0.6) is 0 Å². The lowest BCUT2D eigenvalue weighted by atomic mass is 10.0. The average Bonchev–Trinajstić information content (AvgIpc) is 2.56. The number of rotatable bonds is 4. The zero-order valence-corrected chi connectivity index (χ0v) is 13.0. The van der Waals surface area contributed by atoms with Crippen molar-refractivity contribution >= 4 is 11.6 Å². The lowest BCUT2D eigenvalue weighted by Crippen LogP contribution is -2.40. The monoisotopic (exact) mass is 294 g/mol. The largest absolute Gasteiger partial charge is 0.362 e. The number of benzene rings is 2. The zero-order chi connectivity index (χ0) is 15.4. The summed E-state index contributed by atoms with van der Waals surface area (Å²) < 4.78 is 0. The molecule has 0 bridgehead atoms. The number of anilines is 1. The second kappa shape index (κ2) is 6.65. The lowest BCUT2D eigenvalue weighted by molar-refractivity contribution is -0.120. The molecule has 1 aliphatic rings. The Hall–Kier alpha value is -2.29. The van der Waals surface area contributed by atoms with Gasteiger partial charge in [0.25, 0.3) is 0 Å². The Morgan fingerprint density at radius 2 is 1.86 bits per heavy atom. The van der Waals surface area contributed by atoms with Crippen LogP contribution in [0.15, 0.2) is 54.6 Å². The Bertz CT molecular complexity index is 639. The van der Waals surface area contributed by atoms with Gasteiger partial charge in [0.15, 0.2) is 0 Å². The van der Waals surface area contributed by atoms with Gasteiger partial charge in [-0.25, -0.2) is 0 Å². The van der Waals surface area contributed by atoms with E-state index in [9.17, 15) is 4.79 Å². The van der Waals surface area contributed by atoms with Crippen molar-refractivity contribution in [3.63, 3.8) is 0 Å². The molecule has 3 nitrogen and oxygen atoms in total. The van der Waals surface area contributed by atoms with E-state index in [2.05, 4.69) is 28.4 Å². The Morgan fingerprint density at radius 1 is 1.14 bits per heavy atom. The summed E-state index contributed by atoms with van der Waals surface area (Å²) in [6.07, 6.45) is 2.22. The summed E-state index contributed by atoms with van der Waals surface area (Å²) >= 11 is 0. The van der Waals surface area contributed by atoms with E-state index in [4.69, 9.17) is 0 Å². The lowest BCUT2D eigenvalue weighted by Gasteiger charge is -2.31. The van der Waals surface area contributed by atoms with Crippen molar-refractivity contribution in [1.29, 1.82) is 0 Å². The van der Waals surface area contributed by atoms with Crippen LogP contribution in [-0.2, 0) is 11.2 Å². The number of carbonyl (C=O) groups is 1. The summed E-state index contributed by atoms with van der Waals surface area (Å²) in [6.45, 7) is 3.40.